The first-order chi connectivity index (χ1) is 10.5. The second kappa shape index (κ2) is 6.62. The van der Waals surface area contributed by atoms with E-state index in [9.17, 15) is 19.3 Å². The standard InChI is InChI=1S/C16H13FN2O3/c1-11-5-7-13(17)10-15(11)18-16(20)8-6-12-3-2-4-14(9-12)19(21)22/h2-10H,1H3,(H,18,20)/b8-6-. The number of anilines is 1. The molecule has 0 saturated heterocycles. The van der Waals surface area contributed by atoms with Gasteiger partial charge in [-0.1, -0.05) is 18.2 Å². The van der Waals surface area contributed by atoms with E-state index in [0.717, 1.165) is 5.56 Å². The zero-order chi connectivity index (χ0) is 16.1. The van der Waals surface area contributed by atoms with Crippen LogP contribution in [0.15, 0.2) is 48.5 Å². The highest BCUT2D eigenvalue weighted by Crippen LogP contribution is 2.17. The molecule has 0 saturated carbocycles. The number of hydrogen-bond acceptors (Lipinski definition) is 3. The van der Waals surface area contributed by atoms with Gasteiger partial charge < -0.3 is 5.32 Å². The maximum atomic E-state index is 13.1. The lowest BCUT2D eigenvalue weighted by Gasteiger charge is -2.06. The number of halogens is 1. The average Bonchev–Trinajstić information content (AvgIpc) is 2.49. The number of carbonyl (C=O) groups is 1. The quantitative estimate of drug-likeness (QED) is 0.531. The molecule has 22 heavy (non-hydrogen) atoms. The third-order valence-corrected chi connectivity index (χ3v) is 2.97. The molecule has 6 heteroatoms. The Hall–Kier alpha value is -3.02. The van der Waals surface area contributed by atoms with Gasteiger partial charge in [-0.2, -0.15) is 0 Å². The fourth-order valence-electron chi connectivity index (χ4n) is 1.82. The summed E-state index contributed by atoms with van der Waals surface area (Å²) in [5.74, 6) is -0.885. The van der Waals surface area contributed by atoms with Gasteiger partial charge in [0.05, 0.1) is 4.92 Å². The van der Waals surface area contributed by atoms with Gasteiger partial charge in [0.1, 0.15) is 5.82 Å². The van der Waals surface area contributed by atoms with Gasteiger partial charge in [0.15, 0.2) is 0 Å². The van der Waals surface area contributed by atoms with E-state index in [0.29, 0.717) is 11.3 Å². The first-order valence-corrected chi connectivity index (χ1v) is 6.45. The van der Waals surface area contributed by atoms with Crippen molar-refractivity contribution in [3.63, 3.8) is 0 Å². The van der Waals surface area contributed by atoms with E-state index in [-0.39, 0.29) is 5.69 Å². The molecular formula is C16H13FN2O3. The molecule has 0 unspecified atom stereocenters. The van der Waals surface area contributed by atoms with Crippen molar-refractivity contribution in [1.29, 1.82) is 0 Å². The van der Waals surface area contributed by atoms with Crippen LogP contribution in [0, 0.1) is 22.9 Å². The number of benzene rings is 2. The van der Waals surface area contributed by atoms with E-state index in [1.807, 2.05) is 0 Å². The largest absolute Gasteiger partial charge is 0.322 e. The summed E-state index contributed by atoms with van der Waals surface area (Å²) in [5, 5.41) is 13.2. The van der Waals surface area contributed by atoms with Gasteiger partial charge in [0.25, 0.3) is 5.69 Å². The van der Waals surface area contributed by atoms with Crippen molar-refractivity contribution in [3.05, 3.63) is 75.6 Å². The number of aryl methyl sites for hydroxylation is 1. The number of non-ortho nitro benzene ring substituents is 1. The van der Waals surface area contributed by atoms with E-state index < -0.39 is 16.6 Å². The van der Waals surface area contributed by atoms with E-state index in [2.05, 4.69) is 5.32 Å². The summed E-state index contributed by atoms with van der Waals surface area (Å²) in [6.45, 7) is 1.75. The minimum absolute atomic E-state index is 0.0523. The number of nitrogens with zero attached hydrogens (tertiary/aromatic N) is 1. The Morgan fingerprint density at radius 2 is 2.05 bits per heavy atom. The molecule has 0 aliphatic rings. The zero-order valence-electron chi connectivity index (χ0n) is 11.7. The van der Waals surface area contributed by atoms with Gasteiger partial charge in [-0.3, -0.25) is 14.9 Å². The van der Waals surface area contributed by atoms with Crippen molar-refractivity contribution < 1.29 is 14.1 Å². The Morgan fingerprint density at radius 3 is 2.77 bits per heavy atom. The summed E-state index contributed by atoms with van der Waals surface area (Å²) < 4.78 is 13.1. The van der Waals surface area contributed by atoms with Crippen LogP contribution in [0.5, 0.6) is 0 Å². The third-order valence-electron chi connectivity index (χ3n) is 2.97. The summed E-state index contributed by atoms with van der Waals surface area (Å²) in [6, 6.07) is 10.0. The normalized spacial score (nSPS) is 10.6. The van der Waals surface area contributed by atoms with Crippen LogP contribution in [-0.4, -0.2) is 10.8 Å². The van der Waals surface area contributed by atoms with Gasteiger partial charge in [0, 0.05) is 23.9 Å². The lowest BCUT2D eigenvalue weighted by Crippen LogP contribution is -2.09. The molecule has 0 radical (unpaired) electrons. The van der Waals surface area contributed by atoms with Crippen molar-refractivity contribution in [2.45, 2.75) is 6.92 Å². The number of amides is 1. The molecule has 0 spiro atoms. The van der Waals surface area contributed by atoms with Crippen molar-refractivity contribution in [2.24, 2.45) is 0 Å². The molecule has 0 atom stereocenters. The fourth-order valence-corrected chi connectivity index (χ4v) is 1.82. The SMILES string of the molecule is Cc1ccc(F)cc1NC(=O)/C=C\c1cccc([N+](=O)[O-])c1. The topological polar surface area (TPSA) is 72.2 Å². The predicted octanol–water partition coefficient (Wildman–Crippen LogP) is 3.69. The molecule has 0 aliphatic heterocycles. The number of rotatable bonds is 4. The summed E-state index contributed by atoms with van der Waals surface area (Å²) in [5.41, 5.74) is 1.59. The predicted molar refractivity (Wildman–Crippen MR) is 81.9 cm³/mol. The molecular weight excluding hydrogens is 287 g/mol. The number of nitrogens with one attached hydrogen (secondary N) is 1. The van der Waals surface area contributed by atoms with Gasteiger partial charge in [-0.25, -0.2) is 4.39 Å². The first kappa shape index (κ1) is 15.4. The van der Waals surface area contributed by atoms with E-state index in [1.54, 1.807) is 19.1 Å². The Morgan fingerprint density at radius 1 is 1.27 bits per heavy atom. The van der Waals surface area contributed by atoms with Crippen molar-refractivity contribution in [3.8, 4) is 0 Å². The van der Waals surface area contributed by atoms with E-state index >= 15 is 0 Å². The van der Waals surface area contributed by atoms with Gasteiger partial charge in [-0.15, -0.1) is 0 Å². The molecule has 1 N–H and O–H groups in total. The Labute approximate surface area is 126 Å². The Kier molecular flexibility index (Phi) is 4.63. The van der Waals surface area contributed by atoms with Crippen molar-refractivity contribution in [1.82, 2.24) is 0 Å². The number of nitro benzene ring substituents is 1. The molecule has 0 bridgehead atoms. The smallest absolute Gasteiger partial charge is 0.270 e. The van der Waals surface area contributed by atoms with Crippen molar-refractivity contribution >= 4 is 23.4 Å². The maximum absolute atomic E-state index is 13.1. The Bertz CT molecular complexity index is 757. The molecule has 112 valence electrons. The van der Waals surface area contributed by atoms with Crippen LogP contribution in [0.4, 0.5) is 15.8 Å². The molecule has 2 aromatic rings. The van der Waals surface area contributed by atoms with Crippen LogP contribution >= 0.6 is 0 Å². The second-order valence-corrected chi connectivity index (χ2v) is 4.63. The van der Waals surface area contributed by atoms with Crippen LogP contribution in [0.2, 0.25) is 0 Å². The average molecular weight is 300 g/mol. The van der Waals surface area contributed by atoms with Crippen LogP contribution < -0.4 is 5.32 Å². The summed E-state index contributed by atoms with van der Waals surface area (Å²) in [4.78, 5) is 22.0. The van der Waals surface area contributed by atoms with Crippen LogP contribution in [-0.2, 0) is 4.79 Å². The maximum Gasteiger partial charge on any atom is 0.270 e. The molecule has 2 aromatic carbocycles. The minimum Gasteiger partial charge on any atom is -0.322 e. The van der Waals surface area contributed by atoms with Gasteiger partial charge >= 0.3 is 0 Å². The molecule has 0 heterocycles. The van der Waals surface area contributed by atoms with Crippen LogP contribution in [0.1, 0.15) is 11.1 Å². The molecule has 5 nitrogen and oxygen atoms in total. The number of hydrogen-bond donors (Lipinski definition) is 1. The fraction of sp³-hybridized carbons (Fsp3) is 0.0625. The van der Waals surface area contributed by atoms with Gasteiger partial charge in [-0.05, 0) is 36.3 Å². The number of carbonyl (C=O) groups excluding carboxylic acids is 1. The first-order valence-electron chi connectivity index (χ1n) is 6.45. The summed E-state index contributed by atoms with van der Waals surface area (Å²) in [6.07, 6.45) is 2.69. The monoisotopic (exact) mass is 300 g/mol. The minimum atomic E-state index is -0.506. The lowest BCUT2D eigenvalue weighted by molar-refractivity contribution is -0.384. The highest BCUT2D eigenvalue weighted by atomic mass is 19.1. The van der Waals surface area contributed by atoms with Crippen LogP contribution in [0.25, 0.3) is 6.08 Å². The van der Waals surface area contributed by atoms with Gasteiger partial charge in [0.2, 0.25) is 5.91 Å². The third kappa shape index (κ3) is 3.99. The molecule has 0 aliphatic carbocycles. The second-order valence-electron chi connectivity index (χ2n) is 4.63. The zero-order valence-corrected chi connectivity index (χ0v) is 11.7. The van der Waals surface area contributed by atoms with Crippen LogP contribution in [0.3, 0.4) is 0 Å². The molecule has 0 aromatic heterocycles. The highest BCUT2D eigenvalue weighted by Gasteiger charge is 2.05. The lowest BCUT2D eigenvalue weighted by atomic mass is 10.2. The van der Waals surface area contributed by atoms with Crippen molar-refractivity contribution in [2.75, 3.05) is 5.32 Å². The van der Waals surface area contributed by atoms with E-state index in [1.165, 1.54) is 42.5 Å². The van der Waals surface area contributed by atoms with E-state index in [4.69, 9.17) is 0 Å². The Balaban J connectivity index is 2.10. The highest BCUT2D eigenvalue weighted by molar-refractivity contribution is 6.02. The summed E-state index contributed by atoms with van der Waals surface area (Å²) in [7, 11) is 0. The molecule has 1 amide bonds. The molecule has 2 rings (SSSR count). The molecule has 0 fully saturated rings. The summed E-state index contributed by atoms with van der Waals surface area (Å²) >= 11 is 0. The number of nitro groups is 1.